The number of methoxy groups -OCH3 is 1. The molecule has 0 radical (unpaired) electrons. The topological polar surface area (TPSA) is 48.3 Å². The normalized spacial score (nSPS) is 10.1. The maximum absolute atomic E-state index is 5.49. The van der Waals surface area contributed by atoms with E-state index in [1.54, 1.807) is 24.2 Å². The van der Waals surface area contributed by atoms with Gasteiger partial charge >= 0.3 is 0 Å². The quantitative estimate of drug-likeness (QED) is 0.842. The summed E-state index contributed by atoms with van der Waals surface area (Å²) in [5, 5.41) is 7.45. The predicted molar refractivity (Wildman–Crippen MR) is 80.1 cm³/mol. The van der Waals surface area contributed by atoms with E-state index < -0.39 is 0 Å². The molecule has 5 nitrogen and oxygen atoms in total. The molecule has 0 amide bonds. The number of hydrogen-bond acceptors (Lipinski definition) is 4. The molecule has 1 N–H and O–H groups in total. The molecule has 2 rings (SSSR count). The molecule has 2 aromatic rings. The molecule has 0 aliphatic carbocycles. The van der Waals surface area contributed by atoms with E-state index in [0.29, 0.717) is 13.2 Å². The van der Waals surface area contributed by atoms with Crippen LogP contribution < -0.4 is 14.8 Å². The first-order valence-electron chi connectivity index (χ1n) is 6.47. The lowest BCUT2D eigenvalue weighted by atomic mass is 10.2. The smallest absolute Gasteiger partial charge is 0.162 e. The number of ether oxygens (including phenoxy) is 2. The summed E-state index contributed by atoms with van der Waals surface area (Å²) in [4.78, 5) is 0. The van der Waals surface area contributed by atoms with Gasteiger partial charge in [-0.1, -0.05) is 6.58 Å². The molecule has 0 atom stereocenters. The van der Waals surface area contributed by atoms with Crippen LogP contribution in [0.2, 0.25) is 0 Å². The molecule has 1 heterocycles. The number of nitrogens with one attached hydrogen (secondary N) is 1. The van der Waals surface area contributed by atoms with Crippen molar-refractivity contribution in [3.63, 3.8) is 0 Å². The summed E-state index contributed by atoms with van der Waals surface area (Å²) < 4.78 is 12.5. The van der Waals surface area contributed by atoms with Gasteiger partial charge in [0, 0.05) is 36.3 Å². The molecule has 0 spiro atoms. The van der Waals surface area contributed by atoms with E-state index in [1.807, 2.05) is 31.3 Å². The van der Waals surface area contributed by atoms with Gasteiger partial charge in [-0.15, -0.1) is 0 Å². The molecule has 20 heavy (non-hydrogen) atoms. The summed E-state index contributed by atoms with van der Waals surface area (Å²) in [6, 6.07) is 5.78. The van der Waals surface area contributed by atoms with Crippen molar-refractivity contribution in [2.45, 2.75) is 13.5 Å². The fraction of sp³-hybridized carbons (Fsp3) is 0.267. The van der Waals surface area contributed by atoms with Gasteiger partial charge in [-0.2, -0.15) is 5.10 Å². The molecular formula is C15H19N3O2. The summed E-state index contributed by atoms with van der Waals surface area (Å²) in [6.45, 7) is 6.91. The summed E-state index contributed by atoms with van der Waals surface area (Å²) in [5.41, 5.74) is 2.05. The Morgan fingerprint density at radius 2 is 2.25 bits per heavy atom. The Bertz CT molecular complexity index is 578. The average molecular weight is 273 g/mol. The lowest BCUT2D eigenvalue weighted by molar-refractivity contribution is 0.311. The molecule has 0 unspecified atom stereocenters. The molecule has 0 aliphatic heterocycles. The molecule has 0 fully saturated rings. The van der Waals surface area contributed by atoms with Crippen LogP contribution in [-0.4, -0.2) is 23.5 Å². The second-order valence-corrected chi connectivity index (χ2v) is 4.16. The van der Waals surface area contributed by atoms with Crippen LogP contribution in [0.5, 0.6) is 11.5 Å². The summed E-state index contributed by atoms with van der Waals surface area (Å²) in [6.07, 6.45) is 5.38. The summed E-state index contributed by atoms with van der Waals surface area (Å²) in [5.74, 6) is 1.47. The molecule has 0 saturated heterocycles. The second kappa shape index (κ2) is 6.65. The molecule has 0 bridgehead atoms. The molecule has 1 aromatic heterocycles. The van der Waals surface area contributed by atoms with Crippen molar-refractivity contribution in [3.05, 3.63) is 42.7 Å². The number of benzene rings is 1. The number of hydrogen-bond donors (Lipinski definition) is 1. The van der Waals surface area contributed by atoms with Crippen LogP contribution in [0.1, 0.15) is 12.5 Å². The number of aromatic nitrogens is 2. The molecule has 0 saturated carbocycles. The van der Waals surface area contributed by atoms with Gasteiger partial charge in [0.2, 0.25) is 0 Å². The highest BCUT2D eigenvalue weighted by Crippen LogP contribution is 2.30. The highest BCUT2D eigenvalue weighted by molar-refractivity contribution is 5.54. The average Bonchev–Trinajstić information content (AvgIpc) is 2.94. The second-order valence-electron chi connectivity index (χ2n) is 4.16. The standard InChI is InChI=1S/C15H19N3O2/c1-4-18-11-12(10-17-18)9-16-13-6-7-14(20-5-2)15(8-13)19-3/h4,6-8,10-11,16H,1,5,9H2,2-3H3. The third-order valence-electron chi connectivity index (χ3n) is 2.80. The SMILES string of the molecule is C=Cn1cc(CNc2ccc(OCC)c(OC)c2)cn1. The van der Waals surface area contributed by atoms with Crippen LogP contribution in [0.4, 0.5) is 5.69 Å². The number of anilines is 1. The monoisotopic (exact) mass is 273 g/mol. The van der Waals surface area contributed by atoms with Gasteiger partial charge in [-0.3, -0.25) is 0 Å². The van der Waals surface area contributed by atoms with Gasteiger partial charge < -0.3 is 14.8 Å². The summed E-state index contributed by atoms with van der Waals surface area (Å²) in [7, 11) is 1.63. The fourth-order valence-electron chi connectivity index (χ4n) is 1.82. The number of nitrogens with zero attached hydrogens (tertiary/aromatic N) is 2. The van der Waals surface area contributed by atoms with E-state index in [0.717, 1.165) is 22.7 Å². The van der Waals surface area contributed by atoms with Crippen LogP contribution in [-0.2, 0) is 6.54 Å². The van der Waals surface area contributed by atoms with Crippen molar-refractivity contribution in [2.24, 2.45) is 0 Å². The van der Waals surface area contributed by atoms with E-state index in [-0.39, 0.29) is 0 Å². The van der Waals surface area contributed by atoms with Gasteiger partial charge in [0.25, 0.3) is 0 Å². The van der Waals surface area contributed by atoms with Crippen molar-refractivity contribution in [2.75, 3.05) is 19.0 Å². The van der Waals surface area contributed by atoms with Gasteiger partial charge in [0.1, 0.15) is 0 Å². The lowest BCUT2D eigenvalue weighted by Crippen LogP contribution is -2.00. The molecule has 1 aromatic carbocycles. The van der Waals surface area contributed by atoms with E-state index in [2.05, 4.69) is 17.0 Å². The van der Waals surface area contributed by atoms with Crippen LogP contribution in [0.15, 0.2) is 37.2 Å². The van der Waals surface area contributed by atoms with Crippen molar-refractivity contribution in [1.82, 2.24) is 9.78 Å². The third kappa shape index (κ3) is 3.32. The lowest BCUT2D eigenvalue weighted by Gasteiger charge is -2.11. The number of rotatable bonds is 7. The van der Waals surface area contributed by atoms with Gasteiger partial charge in [-0.05, 0) is 19.1 Å². The van der Waals surface area contributed by atoms with Gasteiger partial charge in [0.15, 0.2) is 11.5 Å². The van der Waals surface area contributed by atoms with Crippen molar-refractivity contribution in [1.29, 1.82) is 0 Å². The Labute approximate surface area is 118 Å². The Hall–Kier alpha value is -2.43. The van der Waals surface area contributed by atoms with Crippen molar-refractivity contribution < 1.29 is 9.47 Å². The Balaban J connectivity index is 2.03. The van der Waals surface area contributed by atoms with Crippen LogP contribution in [0, 0.1) is 0 Å². The van der Waals surface area contributed by atoms with Crippen molar-refractivity contribution >= 4 is 11.9 Å². The zero-order valence-electron chi connectivity index (χ0n) is 11.8. The minimum Gasteiger partial charge on any atom is -0.493 e. The Morgan fingerprint density at radius 1 is 1.40 bits per heavy atom. The highest BCUT2D eigenvalue weighted by Gasteiger charge is 2.05. The van der Waals surface area contributed by atoms with E-state index in [9.17, 15) is 0 Å². The minimum absolute atomic E-state index is 0.615. The molecule has 5 heteroatoms. The summed E-state index contributed by atoms with van der Waals surface area (Å²) >= 11 is 0. The van der Waals surface area contributed by atoms with E-state index in [1.165, 1.54) is 0 Å². The zero-order valence-corrected chi connectivity index (χ0v) is 11.8. The first-order chi connectivity index (χ1) is 9.76. The first-order valence-corrected chi connectivity index (χ1v) is 6.47. The maximum Gasteiger partial charge on any atom is 0.162 e. The van der Waals surface area contributed by atoms with Crippen LogP contribution in [0.25, 0.3) is 6.20 Å². The highest BCUT2D eigenvalue weighted by atomic mass is 16.5. The predicted octanol–water partition coefficient (Wildman–Crippen LogP) is 3.00. The van der Waals surface area contributed by atoms with E-state index >= 15 is 0 Å². The molecule has 0 aliphatic rings. The van der Waals surface area contributed by atoms with Gasteiger partial charge in [-0.25, -0.2) is 4.68 Å². The minimum atomic E-state index is 0.615. The van der Waals surface area contributed by atoms with Crippen LogP contribution in [0.3, 0.4) is 0 Å². The van der Waals surface area contributed by atoms with Crippen LogP contribution >= 0.6 is 0 Å². The molecular weight excluding hydrogens is 254 g/mol. The molecule has 106 valence electrons. The maximum atomic E-state index is 5.49. The Kier molecular flexibility index (Phi) is 4.65. The van der Waals surface area contributed by atoms with Gasteiger partial charge in [0.05, 0.1) is 19.9 Å². The zero-order chi connectivity index (χ0) is 14.4. The van der Waals surface area contributed by atoms with E-state index in [4.69, 9.17) is 9.47 Å². The van der Waals surface area contributed by atoms with Crippen molar-refractivity contribution in [3.8, 4) is 11.5 Å². The fourth-order valence-corrected chi connectivity index (χ4v) is 1.82. The first kappa shape index (κ1) is 14.0. The largest absolute Gasteiger partial charge is 0.493 e. The third-order valence-corrected chi connectivity index (χ3v) is 2.80. The Morgan fingerprint density at radius 3 is 2.90 bits per heavy atom.